The van der Waals surface area contributed by atoms with Gasteiger partial charge in [0.15, 0.2) is 0 Å². The van der Waals surface area contributed by atoms with Crippen LogP contribution in [0.25, 0.3) is 12.2 Å². The molecule has 23 heavy (non-hydrogen) atoms. The first-order chi connectivity index (χ1) is 11.3. The summed E-state index contributed by atoms with van der Waals surface area (Å²) in [5.74, 6) is 0. The predicted molar refractivity (Wildman–Crippen MR) is 102 cm³/mol. The zero-order chi connectivity index (χ0) is 15.9. The van der Waals surface area contributed by atoms with Gasteiger partial charge >= 0.3 is 142 Å². The van der Waals surface area contributed by atoms with Gasteiger partial charge in [-0.1, -0.05) is 0 Å². The number of hydrogen-bond donors (Lipinski definition) is 0. The van der Waals surface area contributed by atoms with E-state index in [0.717, 1.165) is 0 Å². The first-order valence-corrected chi connectivity index (χ1v) is 13.7. The van der Waals surface area contributed by atoms with Crippen molar-refractivity contribution in [1.29, 1.82) is 0 Å². The van der Waals surface area contributed by atoms with Crippen LogP contribution in [-0.4, -0.2) is 13.3 Å². The van der Waals surface area contributed by atoms with Crippen LogP contribution >= 0.6 is 0 Å². The van der Waals surface area contributed by atoms with Crippen molar-refractivity contribution in [3.05, 3.63) is 92.4 Å². The van der Waals surface area contributed by atoms with E-state index in [0.29, 0.717) is 0 Å². The van der Waals surface area contributed by atoms with Crippen LogP contribution < -0.4 is 0 Å². The molecule has 0 saturated heterocycles. The Morgan fingerprint density at radius 2 is 1.04 bits per heavy atom. The van der Waals surface area contributed by atoms with Gasteiger partial charge in [-0.3, -0.25) is 0 Å². The Hall–Kier alpha value is -1.54. The molecule has 0 N–H and O–H groups in total. The fourth-order valence-corrected chi connectivity index (χ4v) is 14.0. The summed E-state index contributed by atoms with van der Waals surface area (Å²) in [6.45, 7) is 4.82. The van der Waals surface area contributed by atoms with E-state index in [1.165, 1.54) is 32.8 Å². The molecule has 0 heterocycles. The molecule has 0 nitrogen and oxygen atoms in total. The molecule has 0 spiro atoms. The van der Waals surface area contributed by atoms with Gasteiger partial charge < -0.3 is 0 Å². The van der Waals surface area contributed by atoms with E-state index in [4.69, 9.17) is 0 Å². The average molecular weight is 359 g/mol. The summed E-state index contributed by atoms with van der Waals surface area (Å²) < 4.78 is 3.34. The number of allylic oxidation sites excluding steroid dienone is 2. The molecule has 1 heteroatoms. The van der Waals surface area contributed by atoms with Gasteiger partial charge in [-0.15, -0.1) is 0 Å². The average Bonchev–Trinajstić information content (AvgIpc) is 3.23. The quantitative estimate of drug-likeness (QED) is 0.601. The number of hydrogen-bond acceptors (Lipinski definition) is 0. The third-order valence-corrected chi connectivity index (χ3v) is 16.8. The molecule has 2 radical (unpaired) electrons. The molecule has 0 aromatic heterocycles. The van der Waals surface area contributed by atoms with Crippen molar-refractivity contribution in [2.75, 3.05) is 0 Å². The summed E-state index contributed by atoms with van der Waals surface area (Å²) in [5.41, 5.74) is 5.77. The Morgan fingerprint density at radius 3 is 1.48 bits per heavy atom. The van der Waals surface area contributed by atoms with Gasteiger partial charge in [0, 0.05) is 0 Å². The van der Waals surface area contributed by atoms with E-state index >= 15 is 0 Å². The fraction of sp³-hybridized carbons (Fsp3) is 0.182. The van der Waals surface area contributed by atoms with Crippen LogP contribution in [0.1, 0.15) is 36.1 Å². The molecule has 0 fully saturated rings. The molecule has 0 amide bonds. The van der Waals surface area contributed by atoms with Crippen LogP contribution in [0.15, 0.2) is 60.7 Å². The van der Waals surface area contributed by atoms with Crippen LogP contribution in [0.5, 0.6) is 0 Å². The summed E-state index contributed by atoms with van der Waals surface area (Å²) in [6.07, 6.45) is 9.50. The molecule has 0 bridgehead atoms. The molecule has 114 valence electrons. The fourth-order valence-electron chi connectivity index (χ4n) is 4.29. The first kappa shape index (κ1) is 15.0. The maximum absolute atomic E-state index is 2.43. The molecule has 2 aromatic carbocycles. The summed E-state index contributed by atoms with van der Waals surface area (Å²) >= 11 is -2.35. The third-order valence-electron chi connectivity index (χ3n) is 5.60. The van der Waals surface area contributed by atoms with Gasteiger partial charge in [-0.05, 0) is 0 Å². The second-order valence-electron chi connectivity index (χ2n) is 6.46. The van der Waals surface area contributed by atoms with E-state index in [9.17, 15) is 0 Å². The van der Waals surface area contributed by atoms with Crippen molar-refractivity contribution < 1.29 is 0 Å². The maximum atomic E-state index is 2.43. The minimum absolute atomic E-state index is 1.30. The Morgan fingerprint density at radius 1 is 0.609 bits per heavy atom. The normalized spacial score (nSPS) is 16.8. The Balaban J connectivity index is 1.83. The standard InChI is InChI=1S/C22H22Ge/c1-3-23(4-2,21-15-13-17-9-5-7-11-19(17)21)22-16-14-18-10-6-8-12-20(18)22/h5-16H,3-4H2,1-2H3. The van der Waals surface area contributed by atoms with Crippen LogP contribution in [0.3, 0.4) is 0 Å². The zero-order valence-corrected chi connectivity index (χ0v) is 15.9. The third kappa shape index (κ3) is 2.19. The van der Waals surface area contributed by atoms with E-state index in [1.807, 2.05) is 0 Å². The van der Waals surface area contributed by atoms with Gasteiger partial charge in [0.2, 0.25) is 0 Å². The van der Waals surface area contributed by atoms with E-state index in [-0.39, 0.29) is 0 Å². The van der Waals surface area contributed by atoms with Crippen LogP contribution in [0, 0.1) is 9.50 Å². The van der Waals surface area contributed by atoms with Crippen molar-refractivity contribution in [1.82, 2.24) is 0 Å². The number of rotatable bonds is 4. The Bertz CT molecular complexity index is 717. The molecular weight excluding hydrogens is 337 g/mol. The molecule has 0 unspecified atom stereocenters. The van der Waals surface area contributed by atoms with Gasteiger partial charge in [0.1, 0.15) is 0 Å². The van der Waals surface area contributed by atoms with E-state index < -0.39 is 13.3 Å². The zero-order valence-electron chi connectivity index (χ0n) is 13.8. The van der Waals surface area contributed by atoms with Gasteiger partial charge in [0.25, 0.3) is 0 Å². The summed E-state index contributed by atoms with van der Waals surface area (Å²) in [7, 11) is 0. The van der Waals surface area contributed by atoms with Gasteiger partial charge in [0.05, 0.1) is 0 Å². The molecule has 2 aliphatic carbocycles. The molecule has 0 saturated carbocycles. The number of fused-ring (bicyclic) bond motifs is 2. The van der Waals surface area contributed by atoms with E-state index in [1.54, 1.807) is 9.50 Å². The summed E-state index contributed by atoms with van der Waals surface area (Å²) in [4.78, 5) is 0. The van der Waals surface area contributed by atoms with Gasteiger partial charge in [-0.25, -0.2) is 0 Å². The molecule has 0 aliphatic heterocycles. The van der Waals surface area contributed by atoms with Crippen LogP contribution in [0.4, 0.5) is 0 Å². The number of benzene rings is 2. The molecule has 4 rings (SSSR count). The topological polar surface area (TPSA) is 0 Å². The van der Waals surface area contributed by atoms with Crippen molar-refractivity contribution >= 4 is 25.4 Å². The Labute approximate surface area is 142 Å². The van der Waals surface area contributed by atoms with Crippen molar-refractivity contribution in [3.8, 4) is 0 Å². The van der Waals surface area contributed by atoms with Crippen LogP contribution in [0.2, 0.25) is 10.5 Å². The monoisotopic (exact) mass is 360 g/mol. The summed E-state index contributed by atoms with van der Waals surface area (Å²) in [6, 6.07) is 17.8. The van der Waals surface area contributed by atoms with Crippen molar-refractivity contribution in [3.63, 3.8) is 0 Å². The van der Waals surface area contributed by atoms with E-state index in [2.05, 4.69) is 86.7 Å². The van der Waals surface area contributed by atoms with Gasteiger partial charge in [-0.2, -0.15) is 0 Å². The second kappa shape index (κ2) is 5.83. The van der Waals surface area contributed by atoms with Crippen LogP contribution in [-0.2, 0) is 0 Å². The Kier molecular flexibility index (Phi) is 3.81. The molecule has 2 aromatic rings. The van der Waals surface area contributed by atoms with Crippen molar-refractivity contribution in [2.45, 2.75) is 24.4 Å². The SMILES string of the molecule is C[CH2][Ge]([CH2]C)([C]1C=Cc2ccccc21)[C]1C=Cc2ccccc21. The predicted octanol–water partition coefficient (Wildman–Crippen LogP) is 5.85. The molecule has 0 atom stereocenters. The minimum atomic E-state index is -2.35. The first-order valence-electron chi connectivity index (χ1n) is 8.60. The second-order valence-corrected chi connectivity index (χ2v) is 16.2. The van der Waals surface area contributed by atoms with Crippen molar-refractivity contribution in [2.24, 2.45) is 0 Å². The molecule has 2 aliphatic rings. The summed E-state index contributed by atoms with van der Waals surface area (Å²) in [5, 5.41) is 2.61. The molecular formula is C22H22Ge.